The van der Waals surface area contributed by atoms with Crippen LogP contribution in [0.1, 0.15) is 44.8 Å². The molecular formula is C29H25ClN2O2S. The smallest absolute Gasteiger partial charge is 0.259 e. The Balaban J connectivity index is 1.35. The Kier molecular flexibility index (Phi) is 7.26. The molecule has 0 saturated carbocycles. The summed E-state index contributed by atoms with van der Waals surface area (Å²) in [5, 5.41) is 4.51. The van der Waals surface area contributed by atoms with Gasteiger partial charge in [0.25, 0.3) is 5.91 Å². The molecule has 1 aromatic heterocycles. The Morgan fingerprint density at radius 2 is 1.80 bits per heavy atom. The van der Waals surface area contributed by atoms with Gasteiger partial charge in [-0.05, 0) is 78.8 Å². The maximum atomic E-state index is 13.3. The number of carbonyl (C=O) groups excluding carboxylic acids is 1. The summed E-state index contributed by atoms with van der Waals surface area (Å²) in [4.78, 5) is 19.3. The number of thiophene rings is 1. The minimum Gasteiger partial charge on any atom is -0.489 e. The predicted octanol–water partition coefficient (Wildman–Crippen LogP) is 7.86. The molecule has 4 nitrogen and oxygen atoms in total. The Labute approximate surface area is 214 Å². The minimum atomic E-state index is -0.0946. The van der Waals surface area contributed by atoms with Gasteiger partial charge in [0.2, 0.25) is 0 Å². The molecule has 1 N–H and O–H groups in total. The number of benzene rings is 3. The predicted molar refractivity (Wildman–Crippen MR) is 145 cm³/mol. The number of hydrogen-bond acceptors (Lipinski definition) is 4. The number of para-hydroxylation sites is 1. The molecule has 0 aliphatic heterocycles. The largest absolute Gasteiger partial charge is 0.489 e. The number of amides is 1. The zero-order valence-corrected chi connectivity index (χ0v) is 20.7. The number of hydrogen-bond donors (Lipinski definition) is 1. The number of halogens is 1. The molecule has 0 fully saturated rings. The molecule has 1 heterocycles. The third-order valence-corrected chi connectivity index (χ3v) is 7.37. The van der Waals surface area contributed by atoms with Gasteiger partial charge in [-0.2, -0.15) is 0 Å². The lowest BCUT2D eigenvalue weighted by Gasteiger charge is -2.12. The molecule has 3 aromatic carbocycles. The maximum Gasteiger partial charge on any atom is 0.259 e. The van der Waals surface area contributed by atoms with Gasteiger partial charge < -0.3 is 10.1 Å². The summed E-state index contributed by atoms with van der Waals surface area (Å²) in [6.45, 7) is 0.458. The summed E-state index contributed by atoms with van der Waals surface area (Å²) in [5.74, 6) is 0.666. The van der Waals surface area contributed by atoms with E-state index in [2.05, 4.69) is 5.32 Å². The fraction of sp³-hybridized carbons (Fsp3) is 0.172. The molecule has 5 rings (SSSR count). The number of aliphatic imine (C=N–C) groups is 1. The second kappa shape index (κ2) is 10.9. The van der Waals surface area contributed by atoms with Gasteiger partial charge in [-0.3, -0.25) is 4.79 Å². The maximum absolute atomic E-state index is 13.3. The number of aryl methyl sites for hydroxylation is 1. The Morgan fingerprint density at radius 1 is 1.00 bits per heavy atom. The number of rotatable bonds is 7. The first kappa shape index (κ1) is 23.3. The highest BCUT2D eigenvalue weighted by Crippen LogP contribution is 2.40. The van der Waals surface area contributed by atoms with Gasteiger partial charge in [0.05, 0.1) is 5.56 Å². The van der Waals surface area contributed by atoms with Crippen molar-refractivity contribution in [3.05, 3.63) is 111 Å². The van der Waals surface area contributed by atoms with E-state index in [-0.39, 0.29) is 5.91 Å². The molecule has 0 bridgehead atoms. The van der Waals surface area contributed by atoms with Crippen LogP contribution in [0.25, 0.3) is 0 Å². The van der Waals surface area contributed by atoms with Crippen LogP contribution < -0.4 is 10.1 Å². The van der Waals surface area contributed by atoms with E-state index < -0.39 is 0 Å². The number of fused-ring (bicyclic) bond motifs is 1. The number of carbonyl (C=O) groups is 1. The van der Waals surface area contributed by atoms with E-state index in [4.69, 9.17) is 21.3 Å². The Morgan fingerprint density at radius 3 is 2.63 bits per heavy atom. The van der Waals surface area contributed by atoms with Crippen LogP contribution in [-0.4, -0.2) is 12.1 Å². The zero-order chi connectivity index (χ0) is 24.0. The minimum absolute atomic E-state index is 0.0946. The third-order valence-electron chi connectivity index (χ3n) is 5.92. The van der Waals surface area contributed by atoms with E-state index in [0.29, 0.717) is 17.2 Å². The van der Waals surface area contributed by atoms with Gasteiger partial charge in [0, 0.05) is 21.8 Å². The van der Waals surface area contributed by atoms with Crippen LogP contribution >= 0.6 is 22.9 Å². The molecule has 0 spiro atoms. The highest BCUT2D eigenvalue weighted by atomic mass is 35.5. The fourth-order valence-corrected chi connectivity index (χ4v) is 5.51. The number of nitrogens with one attached hydrogen (secondary N) is 1. The molecule has 1 aliphatic rings. The van der Waals surface area contributed by atoms with E-state index in [1.807, 2.05) is 85.1 Å². The second-order valence-corrected chi connectivity index (χ2v) is 9.98. The van der Waals surface area contributed by atoms with Crippen molar-refractivity contribution in [3.8, 4) is 5.75 Å². The lowest BCUT2D eigenvalue weighted by Crippen LogP contribution is -2.14. The second-order valence-electron chi connectivity index (χ2n) is 8.46. The molecule has 6 heteroatoms. The first-order valence-electron chi connectivity index (χ1n) is 11.7. The number of ether oxygens (including phenoxy) is 1. The Hall–Kier alpha value is -3.41. The van der Waals surface area contributed by atoms with Crippen LogP contribution in [0.4, 0.5) is 10.7 Å². The van der Waals surface area contributed by atoms with Crippen molar-refractivity contribution in [2.24, 2.45) is 4.99 Å². The molecule has 1 aliphatic carbocycles. The molecule has 176 valence electrons. The first-order chi connectivity index (χ1) is 17.2. The molecular weight excluding hydrogens is 476 g/mol. The fourth-order valence-electron chi connectivity index (χ4n) is 4.16. The summed E-state index contributed by atoms with van der Waals surface area (Å²) < 4.78 is 5.95. The lowest BCUT2D eigenvalue weighted by atomic mass is 9.95. The van der Waals surface area contributed by atoms with Gasteiger partial charge in [-0.1, -0.05) is 54.1 Å². The number of nitrogens with zero attached hydrogens (tertiary/aromatic N) is 1. The third kappa shape index (κ3) is 5.81. The average Bonchev–Trinajstić information content (AvgIpc) is 3.27. The molecule has 0 atom stereocenters. The highest BCUT2D eigenvalue weighted by molar-refractivity contribution is 7.16. The quantitative estimate of drug-likeness (QED) is 0.262. The molecule has 4 aromatic rings. The monoisotopic (exact) mass is 500 g/mol. The molecule has 35 heavy (non-hydrogen) atoms. The molecule has 0 unspecified atom stereocenters. The van der Waals surface area contributed by atoms with E-state index in [1.165, 1.54) is 4.88 Å². The molecule has 0 radical (unpaired) electrons. The topological polar surface area (TPSA) is 50.7 Å². The summed E-state index contributed by atoms with van der Waals surface area (Å²) >= 11 is 7.59. The first-order valence-corrected chi connectivity index (χ1v) is 12.9. The van der Waals surface area contributed by atoms with Crippen LogP contribution in [0.15, 0.2) is 83.9 Å². The lowest BCUT2D eigenvalue weighted by molar-refractivity contribution is 0.102. The van der Waals surface area contributed by atoms with Crippen molar-refractivity contribution in [2.75, 3.05) is 5.32 Å². The average molecular weight is 501 g/mol. The number of anilines is 1. The van der Waals surface area contributed by atoms with Gasteiger partial charge >= 0.3 is 0 Å². The van der Waals surface area contributed by atoms with Gasteiger partial charge in [0.1, 0.15) is 17.4 Å². The SMILES string of the molecule is O=C(Nc1ccccc1)c1c(N=Cc2cccc(OCc3ccc(Cl)cc3)c2)sc2c1CCCC2. The summed E-state index contributed by atoms with van der Waals surface area (Å²) in [7, 11) is 0. The van der Waals surface area contributed by atoms with Gasteiger partial charge in [-0.15, -0.1) is 11.3 Å². The van der Waals surface area contributed by atoms with Crippen molar-refractivity contribution in [2.45, 2.75) is 32.3 Å². The van der Waals surface area contributed by atoms with Gasteiger partial charge in [-0.25, -0.2) is 4.99 Å². The van der Waals surface area contributed by atoms with E-state index in [9.17, 15) is 4.79 Å². The Bertz CT molecular complexity index is 1350. The van der Waals surface area contributed by atoms with Gasteiger partial charge in [0.15, 0.2) is 0 Å². The van der Waals surface area contributed by atoms with Crippen LogP contribution in [0, 0.1) is 0 Å². The van der Waals surface area contributed by atoms with E-state index in [0.717, 1.165) is 58.8 Å². The van der Waals surface area contributed by atoms with Crippen molar-refractivity contribution in [1.29, 1.82) is 0 Å². The van der Waals surface area contributed by atoms with Crippen LogP contribution in [0.5, 0.6) is 5.75 Å². The summed E-state index contributed by atoms with van der Waals surface area (Å²) in [6.07, 6.45) is 6.00. The van der Waals surface area contributed by atoms with E-state index >= 15 is 0 Å². The van der Waals surface area contributed by atoms with Crippen LogP contribution in [0.2, 0.25) is 5.02 Å². The normalized spacial score (nSPS) is 12.9. The standard InChI is InChI=1S/C29H25ClN2O2S/c30-22-15-13-20(14-16-22)19-34-24-10-6-7-21(17-24)18-31-29-27(25-11-4-5-12-26(25)35-29)28(33)32-23-8-2-1-3-9-23/h1-3,6-10,13-18H,4-5,11-12,19H2,(H,32,33). The molecule has 0 saturated heterocycles. The highest BCUT2D eigenvalue weighted by Gasteiger charge is 2.25. The van der Waals surface area contributed by atoms with Crippen molar-refractivity contribution in [3.63, 3.8) is 0 Å². The summed E-state index contributed by atoms with van der Waals surface area (Å²) in [5.41, 5.74) is 4.61. The van der Waals surface area contributed by atoms with E-state index in [1.54, 1.807) is 11.3 Å². The van der Waals surface area contributed by atoms with Crippen LogP contribution in [0.3, 0.4) is 0 Å². The molecule has 1 amide bonds. The van der Waals surface area contributed by atoms with Crippen molar-refractivity contribution < 1.29 is 9.53 Å². The van der Waals surface area contributed by atoms with Crippen molar-refractivity contribution >= 4 is 45.7 Å². The summed E-state index contributed by atoms with van der Waals surface area (Å²) in [6, 6.07) is 25.0. The van der Waals surface area contributed by atoms with Crippen molar-refractivity contribution in [1.82, 2.24) is 0 Å². The zero-order valence-electron chi connectivity index (χ0n) is 19.2. The van der Waals surface area contributed by atoms with Crippen LogP contribution in [-0.2, 0) is 19.4 Å².